The van der Waals surface area contributed by atoms with Crippen LogP contribution in [-0.4, -0.2) is 63.2 Å². The smallest absolute Gasteiger partial charge is 0.309 e. The highest BCUT2D eigenvalue weighted by Crippen LogP contribution is 2.18. The van der Waals surface area contributed by atoms with E-state index < -0.39 is 0 Å². The Balaban J connectivity index is 1.72. The van der Waals surface area contributed by atoms with E-state index in [2.05, 4.69) is 51.3 Å². The summed E-state index contributed by atoms with van der Waals surface area (Å²) in [4.78, 5) is 20.9. The summed E-state index contributed by atoms with van der Waals surface area (Å²) in [5, 5.41) is 3.47. The fourth-order valence-corrected chi connectivity index (χ4v) is 3.50. The molecule has 0 aromatic heterocycles. The zero-order valence-corrected chi connectivity index (χ0v) is 17.0. The van der Waals surface area contributed by atoms with Crippen molar-refractivity contribution in [1.82, 2.24) is 10.2 Å². The SMILES string of the molecule is CCOC(=O)C1CCN(C(=NC)NCCCN(CC)c2ccccc2)CC1. The molecule has 0 aliphatic carbocycles. The van der Waals surface area contributed by atoms with E-state index in [9.17, 15) is 4.79 Å². The minimum atomic E-state index is -0.0549. The highest BCUT2D eigenvalue weighted by atomic mass is 16.5. The van der Waals surface area contributed by atoms with Gasteiger partial charge >= 0.3 is 5.97 Å². The predicted molar refractivity (Wildman–Crippen MR) is 111 cm³/mol. The van der Waals surface area contributed by atoms with Crippen LogP contribution in [0.2, 0.25) is 0 Å². The quantitative estimate of drug-likeness (QED) is 0.328. The molecule has 6 heteroatoms. The van der Waals surface area contributed by atoms with E-state index >= 15 is 0 Å². The van der Waals surface area contributed by atoms with E-state index in [0.29, 0.717) is 6.61 Å². The third-order valence-electron chi connectivity index (χ3n) is 5.02. The average Bonchev–Trinajstić information content (AvgIpc) is 2.72. The van der Waals surface area contributed by atoms with Crippen molar-refractivity contribution >= 4 is 17.6 Å². The van der Waals surface area contributed by atoms with Gasteiger partial charge in [-0.1, -0.05) is 18.2 Å². The third-order valence-corrected chi connectivity index (χ3v) is 5.02. The molecule has 1 aromatic rings. The first-order chi connectivity index (χ1) is 13.2. The van der Waals surface area contributed by atoms with Crippen LogP contribution in [0.15, 0.2) is 35.3 Å². The standard InChI is InChI=1S/C21H34N4O2/c1-4-24(19-10-7-6-8-11-19)15-9-14-23-21(22-3)25-16-12-18(13-17-25)20(26)27-5-2/h6-8,10-11,18H,4-5,9,12-17H2,1-3H3,(H,22,23). The van der Waals surface area contributed by atoms with Crippen molar-refractivity contribution in [1.29, 1.82) is 0 Å². The van der Waals surface area contributed by atoms with Gasteiger partial charge in [-0.05, 0) is 45.2 Å². The number of nitrogens with one attached hydrogen (secondary N) is 1. The van der Waals surface area contributed by atoms with Crippen LogP contribution in [0.1, 0.15) is 33.1 Å². The summed E-state index contributed by atoms with van der Waals surface area (Å²) in [5.41, 5.74) is 1.27. The van der Waals surface area contributed by atoms with Gasteiger partial charge in [-0.25, -0.2) is 0 Å². The van der Waals surface area contributed by atoms with Crippen LogP contribution in [0.4, 0.5) is 5.69 Å². The first kappa shape index (κ1) is 21.1. The Kier molecular flexibility index (Phi) is 8.95. The fraction of sp³-hybridized carbons (Fsp3) is 0.619. The molecular formula is C21H34N4O2. The Morgan fingerprint density at radius 3 is 2.56 bits per heavy atom. The lowest BCUT2D eigenvalue weighted by atomic mass is 9.97. The van der Waals surface area contributed by atoms with E-state index in [1.807, 2.05) is 20.0 Å². The number of hydrogen-bond donors (Lipinski definition) is 1. The fourth-order valence-electron chi connectivity index (χ4n) is 3.50. The van der Waals surface area contributed by atoms with Crippen LogP contribution in [-0.2, 0) is 9.53 Å². The van der Waals surface area contributed by atoms with Crippen LogP contribution in [0.5, 0.6) is 0 Å². The summed E-state index contributed by atoms with van der Waals surface area (Å²) in [6, 6.07) is 10.5. The number of benzene rings is 1. The zero-order chi connectivity index (χ0) is 19.5. The number of guanidine groups is 1. The van der Waals surface area contributed by atoms with Gasteiger partial charge in [-0.2, -0.15) is 0 Å². The summed E-state index contributed by atoms with van der Waals surface area (Å²) in [6.45, 7) is 9.08. The lowest BCUT2D eigenvalue weighted by Gasteiger charge is -2.33. The molecule has 0 atom stereocenters. The van der Waals surface area contributed by atoms with E-state index in [-0.39, 0.29) is 11.9 Å². The molecule has 0 unspecified atom stereocenters. The van der Waals surface area contributed by atoms with Gasteiger partial charge in [0.05, 0.1) is 12.5 Å². The maximum atomic E-state index is 11.9. The van der Waals surface area contributed by atoms with Crippen LogP contribution in [0.25, 0.3) is 0 Å². The van der Waals surface area contributed by atoms with Crippen LogP contribution < -0.4 is 10.2 Å². The molecule has 1 heterocycles. The molecule has 6 nitrogen and oxygen atoms in total. The van der Waals surface area contributed by atoms with E-state index in [4.69, 9.17) is 4.74 Å². The second-order valence-electron chi connectivity index (χ2n) is 6.76. The molecule has 0 amide bonds. The summed E-state index contributed by atoms with van der Waals surface area (Å²) in [6.07, 6.45) is 2.70. The van der Waals surface area contributed by atoms with Gasteiger partial charge in [0.1, 0.15) is 0 Å². The lowest BCUT2D eigenvalue weighted by Crippen LogP contribution is -2.47. The molecule has 1 saturated heterocycles. The Morgan fingerprint density at radius 1 is 1.26 bits per heavy atom. The second-order valence-corrected chi connectivity index (χ2v) is 6.76. The molecule has 0 saturated carbocycles. The van der Waals surface area contributed by atoms with Crippen molar-refractivity contribution in [2.24, 2.45) is 10.9 Å². The highest BCUT2D eigenvalue weighted by Gasteiger charge is 2.27. The number of ether oxygens (including phenoxy) is 1. The number of aliphatic imine (C=N–C) groups is 1. The minimum absolute atomic E-state index is 0.0308. The molecule has 0 bridgehead atoms. The summed E-state index contributed by atoms with van der Waals surface area (Å²) in [7, 11) is 1.82. The molecule has 1 aliphatic heterocycles. The number of likely N-dealkylation sites (tertiary alicyclic amines) is 1. The Morgan fingerprint density at radius 2 is 1.96 bits per heavy atom. The number of carbonyl (C=O) groups excluding carboxylic acids is 1. The van der Waals surface area contributed by atoms with Gasteiger partial charge < -0.3 is 19.9 Å². The van der Waals surface area contributed by atoms with Crippen molar-refractivity contribution < 1.29 is 9.53 Å². The number of para-hydroxylation sites is 1. The maximum Gasteiger partial charge on any atom is 0.309 e. The molecule has 1 N–H and O–H groups in total. The third kappa shape index (κ3) is 6.45. The van der Waals surface area contributed by atoms with Crippen molar-refractivity contribution in [3.8, 4) is 0 Å². The zero-order valence-electron chi connectivity index (χ0n) is 17.0. The monoisotopic (exact) mass is 374 g/mol. The van der Waals surface area contributed by atoms with Crippen molar-refractivity contribution in [2.45, 2.75) is 33.1 Å². The number of piperidine rings is 1. The van der Waals surface area contributed by atoms with Gasteiger partial charge in [0, 0.05) is 45.5 Å². The Bertz CT molecular complexity index is 583. The lowest BCUT2D eigenvalue weighted by molar-refractivity contribution is -0.149. The summed E-state index contributed by atoms with van der Waals surface area (Å²) >= 11 is 0. The second kappa shape index (κ2) is 11.5. The van der Waals surface area contributed by atoms with Crippen molar-refractivity contribution in [3.63, 3.8) is 0 Å². The number of rotatable bonds is 8. The first-order valence-corrected chi connectivity index (χ1v) is 10.1. The number of nitrogens with zero attached hydrogens (tertiary/aromatic N) is 3. The van der Waals surface area contributed by atoms with Gasteiger partial charge in [0.25, 0.3) is 0 Å². The van der Waals surface area contributed by atoms with E-state index in [1.54, 1.807) is 0 Å². The van der Waals surface area contributed by atoms with Gasteiger partial charge in [0.2, 0.25) is 0 Å². The molecule has 150 valence electrons. The molecule has 27 heavy (non-hydrogen) atoms. The van der Waals surface area contributed by atoms with Gasteiger partial charge in [-0.15, -0.1) is 0 Å². The number of carbonyl (C=O) groups is 1. The highest BCUT2D eigenvalue weighted by molar-refractivity contribution is 5.80. The molecule has 2 rings (SSSR count). The summed E-state index contributed by atoms with van der Waals surface area (Å²) in [5.74, 6) is 0.907. The molecule has 1 fully saturated rings. The molecule has 1 aliphatic rings. The number of anilines is 1. The topological polar surface area (TPSA) is 57.2 Å². The maximum absolute atomic E-state index is 11.9. The molecule has 0 radical (unpaired) electrons. The van der Waals surface area contributed by atoms with Crippen LogP contribution in [0, 0.1) is 5.92 Å². The Hall–Kier alpha value is -2.24. The minimum Gasteiger partial charge on any atom is -0.466 e. The molecular weight excluding hydrogens is 340 g/mol. The molecule has 1 aromatic carbocycles. The summed E-state index contributed by atoms with van der Waals surface area (Å²) < 4.78 is 5.14. The molecule has 0 spiro atoms. The van der Waals surface area contributed by atoms with Crippen LogP contribution >= 0.6 is 0 Å². The average molecular weight is 375 g/mol. The van der Waals surface area contributed by atoms with Crippen LogP contribution in [0.3, 0.4) is 0 Å². The van der Waals surface area contributed by atoms with Crippen molar-refractivity contribution in [3.05, 3.63) is 30.3 Å². The van der Waals surface area contributed by atoms with Gasteiger partial charge in [-0.3, -0.25) is 9.79 Å². The number of hydrogen-bond acceptors (Lipinski definition) is 4. The van der Waals surface area contributed by atoms with E-state index in [0.717, 1.165) is 57.9 Å². The predicted octanol–water partition coefficient (Wildman–Crippen LogP) is 2.75. The normalized spacial score (nSPS) is 15.5. The van der Waals surface area contributed by atoms with Crippen molar-refractivity contribution in [2.75, 3.05) is 51.3 Å². The van der Waals surface area contributed by atoms with E-state index in [1.165, 1.54) is 5.69 Å². The number of esters is 1. The largest absolute Gasteiger partial charge is 0.466 e. The Labute approximate surface area is 163 Å². The first-order valence-electron chi connectivity index (χ1n) is 10.1. The van der Waals surface area contributed by atoms with Gasteiger partial charge in [0.15, 0.2) is 5.96 Å².